The highest BCUT2D eigenvalue weighted by Crippen LogP contribution is 2.35. The van der Waals surface area contributed by atoms with Crippen molar-refractivity contribution < 1.29 is 9.90 Å². The van der Waals surface area contributed by atoms with Crippen LogP contribution in [0.5, 0.6) is 0 Å². The van der Waals surface area contributed by atoms with E-state index in [-0.39, 0.29) is 6.04 Å². The minimum atomic E-state index is -0.627. The first-order valence-corrected chi connectivity index (χ1v) is 7.53. The lowest BCUT2D eigenvalue weighted by Crippen LogP contribution is -2.37. The van der Waals surface area contributed by atoms with Gasteiger partial charge in [0.05, 0.1) is 0 Å². The molecule has 0 spiro atoms. The van der Waals surface area contributed by atoms with Crippen LogP contribution in [0.4, 0.5) is 0 Å². The highest BCUT2D eigenvalue weighted by atomic mass is 16.4. The zero-order valence-electron chi connectivity index (χ0n) is 11.8. The van der Waals surface area contributed by atoms with Gasteiger partial charge in [0, 0.05) is 0 Å². The zero-order chi connectivity index (χ0) is 13.1. The summed E-state index contributed by atoms with van der Waals surface area (Å²) in [4.78, 5) is 13.3. The first-order chi connectivity index (χ1) is 8.56. The van der Waals surface area contributed by atoms with Crippen molar-refractivity contribution in [3.8, 4) is 0 Å². The molecule has 1 saturated heterocycles. The van der Waals surface area contributed by atoms with Crippen LogP contribution in [0.15, 0.2) is 0 Å². The molecule has 1 N–H and O–H groups in total. The van der Waals surface area contributed by atoms with E-state index >= 15 is 0 Å². The summed E-state index contributed by atoms with van der Waals surface area (Å²) in [6.45, 7) is 6.69. The molecule has 2 aliphatic rings. The fourth-order valence-corrected chi connectivity index (χ4v) is 4.07. The topological polar surface area (TPSA) is 40.5 Å². The number of nitrogens with zero attached hydrogens (tertiary/aromatic N) is 1. The van der Waals surface area contributed by atoms with Crippen molar-refractivity contribution in [3.05, 3.63) is 0 Å². The number of carbonyl (C=O) groups is 1. The lowest BCUT2D eigenvalue weighted by atomic mass is 9.75. The summed E-state index contributed by atoms with van der Waals surface area (Å²) in [5, 5.41) is 9.16. The predicted molar refractivity (Wildman–Crippen MR) is 72.5 cm³/mol. The summed E-state index contributed by atoms with van der Waals surface area (Å²) >= 11 is 0. The van der Waals surface area contributed by atoms with E-state index in [1.165, 1.54) is 25.7 Å². The third kappa shape index (κ3) is 3.47. The predicted octanol–water partition coefficient (Wildman–Crippen LogP) is 3.00. The molecule has 0 amide bonds. The van der Waals surface area contributed by atoms with Crippen LogP contribution in [0.25, 0.3) is 0 Å². The van der Waals surface area contributed by atoms with Crippen LogP contribution >= 0.6 is 0 Å². The fraction of sp³-hybridized carbons (Fsp3) is 0.933. The molecule has 1 aliphatic heterocycles. The third-order valence-corrected chi connectivity index (χ3v) is 4.75. The van der Waals surface area contributed by atoms with E-state index in [2.05, 4.69) is 18.7 Å². The van der Waals surface area contributed by atoms with Gasteiger partial charge in [0.15, 0.2) is 0 Å². The molecule has 0 aromatic heterocycles. The van der Waals surface area contributed by atoms with Crippen molar-refractivity contribution in [3.63, 3.8) is 0 Å². The van der Waals surface area contributed by atoms with Crippen LogP contribution in [-0.2, 0) is 4.79 Å². The maximum atomic E-state index is 11.1. The Bertz CT molecular complexity index is 282. The monoisotopic (exact) mass is 253 g/mol. The van der Waals surface area contributed by atoms with E-state index in [1.807, 2.05) is 0 Å². The molecular formula is C15H27NO2. The number of hydrogen-bond donors (Lipinski definition) is 1. The Kier molecular flexibility index (Phi) is 4.66. The molecule has 2 fully saturated rings. The maximum Gasteiger partial charge on any atom is 0.320 e. The van der Waals surface area contributed by atoms with Gasteiger partial charge in [-0.3, -0.25) is 9.69 Å². The molecular weight excluding hydrogens is 226 g/mol. The molecule has 0 aromatic rings. The summed E-state index contributed by atoms with van der Waals surface area (Å²) < 4.78 is 0. The third-order valence-electron chi connectivity index (χ3n) is 4.75. The molecule has 1 aliphatic carbocycles. The number of hydrogen-bond acceptors (Lipinski definition) is 2. The molecule has 2 unspecified atom stereocenters. The van der Waals surface area contributed by atoms with Gasteiger partial charge in [-0.25, -0.2) is 0 Å². The Labute approximate surface area is 111 Å². The first-order valence-electron chi connectivity index (χ1n) is 7.53. The molecule has 0 bridgehead atoms. The molecule has 0 radical (unpaired) electrons. The second-order valence-corrected chi connectivity index (χ2v) is 6.60. The average Bonchev–Trinajstić information content (AvgIpc) is 2.73. The minimum absolute atomic E-state index is 0.205. The van der Waals surface area contributed by atoms with Gasteiger partial charge in [0.2, 0.25) is 0 Å². The summed E-state index contributed by atoms with van der Waals surface area (Å²) in [6, 6.07) is -0.205. The van der Waals surface area contributed by atoms with Crippen molar-refractivity contribution in [2.45, 2.75) is 58.4 Å². The number of carboxylic acids is 1. The molecule has 0 aromatic carbocycles. The second kappa shape index (κ2) is 6.05. The minimum Gasteiger partial charge on any atom is -0.480 e. The molecule has 18 heavy (non-hydrogen) atoms. The van der Waals surface area contributed by atoms with Gasteiger partial charge in [-0.1, -0.05) is 13.8 Å². The van der Waals surface area contributed by atoms with E-state index in [4.69, 9.17) is 5.11 Å². The quantitative estimate of drug-likeness (QED) is 0.837. The Morgan fingerprint density at radius 1 is 1.22 bits per heavy atom. The molecule has 3 nitrogen and oxygen atoms in total. The summed E-state index contributed by atoms with van der Waals surface area (Å²) in [5.74, 6) is 1.90. The Morgan fingerprint density at radius 2 is 1.89 bits per heavy atom. The van der Waals surface area contributed by atoms with Crippen LogP contribution in [0.1, 0.15) is 52.4 Å². The summed E-state index contributed by atoms with van der Waals surface area (Å²) in [7, 11) is 0. The van der Waals surface area contributed by atoms with Crippen molar-refractivity contribution in [2.75, 3.05) is 13.1 Å². The van der Waals surface area contributed by atoms with Crippen molar-refractivity contribution >= 4 is 5.97 Å². The maximum absolute atomic E-state index is 11.1. The SMILES string of the molecule is CC1CC(C)CC(CCN2CCC[C@@H]2C(=O)O)C1. The van der Waals surface area contributed by atoms with Gasteiger partial charge in [-0.05, 0) is 69.4 Å². The summed E-state index contributed by atoms with van der Waals surface area (Å²) in [5.41, 5.74) is 0. The molecule has 3 heteroatoms. The zero-order valence-corrected chi connectivity index (χ0v) is 11.8. The van der Waals surface area contributed by atoms with Gasteiger partial charge >= 0.3 is 5.97 Å². The largest absolute Gasteiger partial charge is 0.480 e. The first kappa shape index (κ1) is 13.9. The van der Waals surface area contributed by atoms with Gasteiger partial charge < -0.3 is 5.11 Å². The molecule has 1 saturated carbocycles. The molecule has 3 atom stereocenters. The lowest BCUT2D eigenvalue weighted by Gasteiger charge is -2.33. The lowest BCUT2D eigenvalue weighted by molar-refractivity contribution is -0.142. The van der Waals surface area contributed by atoms with Gasteiger partial charge in [-0.2, -0.15) is 0 Å². The number of aliphatic carboxylic acids is 1. The van der Waals surface area contributed by atoms with Gasteiger partial charge in [-0.15, -0.1) is 0 Å². The standard InChI is InChI=1S/C15H27NO2/c1-11-8-12(2)10-13(9-11)5-7-16-6-3-4-14(16)15(17)18/h11-14H,3-10H2,1-2H3,(H,17,18)/t11?,12?,13?,14-/m1/s1. The van der Waals surface area contributed by atoms with Crippen LogP contribution in [0.2, 0.25) is 0 Å². The number of rotatable bonds is 4. The molecule has 2 rings (SSSR count). The molecule has 104 valence electrons. The highest BCUT2D eigenvalue weighted by molar-refractivity contribution is 5.73. The van der Waals surface area contributed by atoms with Crippen molar-refractivity contribution in [1.29, 1.82) is 0 Å². The Balaban J connectivity index is 1.78. The van der Waals surface area contributed by atoms with Gasteiger partial charge in [0.1, 0.15) is 6.04 Å². The van der Waals surface area contributed by atoms with Gasteiger partial charge in [0.25, 0.3) is 0 Å². The average molecular weight is 253 g/mol. The van der Waals surface area contributed by atoms with E-state index < -0.39 is 5.97 Å². The number of carboxylic acid groups (broad SMARTS) is 1. The van der Waals surface area contributed by atoms with E-state index in [0.717, 1.165) is 43.7 Å². The molecule has 1 heterocycles. The summed E-state index contributed by atoms with van der Waals surface area (Å²) in [6.07, 6.45) is 7.14. The number of likely N-dealkylation sites (tertiary alicyclic amines) is 1. The van der Waals surface area contributed by atoms with E-state index in [0.29, 0.717) is 0 Å². The van der Waals surface area contributed by atoms with Crippen molar-refractivity contribution in [1.82, 2.24) is 4.90 Å². The smallest absolute Gasteiger partial charge is 0.320 e. The Morgan fingerprint density at radius 3 is 2.50 bits per heavy atom. The fourth-order valence-electron chi connectivity index (χ4n) is 4.07. The van der Waals surface area contributed by atoms with Crippen LogP contribution in [0.3, 0.4) is 0 Å². The van der Waals surface area contributed by atoms with E-state index in [1.54, 1.807) is 0 Å². The van der Waals surface area contributed by atoms with Crippen LogP contribution < -0.4 is 0 Å². The highest BCUT2D eigenvalue weighted by Gasteiger charge is 2.31. The second-order valence-electron chi connectivity index (χ2n) is 6.60. The van der Waals surface area contributed by atoms with Crippen LogP contribution in [0, 0.1) is 17.8 Å². The Hall–Kier alpha value is -0.570. The normalized spacial score (nSPS) is 37.9. The van der Waals surface area contributed by atoms with Crippen molar-refractivity contribution in [2.24, 2.45) is 17.8 Å². The van der Waals surface area contributed by atoms with E-state index in [9.17, 15) is 4.79 Å². The van der Waals surface area contributed by atoms with Crippen LogP contribution in [-0.4, -0.2) is 35.1 Å².